The first-order valence-electron chi connectivity index (χ1n) is 7.66. The maximum atomic E-state index is 12.2. The molecule has 3 rings (SSSR count). The van der Waals surface area contributed by atoms with Crippen molar-refractivity contribution in [1.82, 2.24) is 0 Å². The van der Waals surface area contributed by atoms with Crippen molar-refractivity contribution in [1.29, 1.82) is 0 Å². The summed E-state index contributed by atoms with van der Waals surface area (Å²) in [5.41, 5.74) is 1.09. The van der Waals surface area contributed by atoms with Crippen molar-refractivity contribution in [3.63, 3.8) is 0 Å². The van der Waals surface area contributed by atoms with Gasteiger partial charge in [0.15, 0.2) is 0 Å². The first-order chi connectivity index (χ1) is 9.72. The van der Waals surface area contributed by atoms with Crippen LogP contribution in [-0.2, 0) is 4.79 Å². The molecule has 1 aromatic carbocycles. The molecule has 3 nitrogen and oxygen atoms in total. The molecule has 0 amide bonds. The number of fused-ring (bicyclic) bond motifs is 2. The van der Waals surface area contributed by atoms with Gasteiger partial charge in [0, 0.05) is 24.1 Å². The van der Waals surface area contributed by atoms with Crippen LogP contribution in [0.2, 0.25) is 0 Å². The van der Waals surface area contributed by atoms with E-state index in [2.05, 4.69) is 5.32 Å². The molecule has 0 aromatic heterocycles. The van der Waals surface area contributed by atoms with E-state index in [-0.39, 0.29) is 5.92 Å². The molecule has 2 bridgehead atoms. The predicted molar refractivity (Wildman–Crippen MR) is 80.0 cm³/mol. The van der Waals surface area contributed by atoms with Crippen molar-refractivity contribution in [3.8, 4) is 5.75 Å². The average molecular weight is 273 g/mol. The number of carbonyl (C=O) groups excluding carboxylic acids is 1. The van der Waals surface area contributed by atoms with Gasteiger partial charge >= 0.3 is 0 Å². The number of anilines is 1. The lowest BCUT2D eigenvalue weighted by atomic mass is 9.81. The number of hydrogen-bond donors (Lipinski definition) is 1. The summed E-state index contributed by atoms with van der Waals surface area (Å²) >= 11 is 0. The second kappa shape index (κ2) is 5.47. The van der Waals surface area contributed by atoms with E-state index in [1.165, 1.54) is 19.3 Å². The lowest BCUT2D eigenvalue weighted by Crippen LogP contribution is -2.39. The van der Waals surface area contributed by atoms with Crippen molar-refractivity contribution in [2.75, 3.05) is 12.4 Å². The lowest BCUT2D eigenvalue weighted by molar-refractivity contribution is -0.124. The zero-order valence-corrected chi connectivity index (χ0v) is 12.3. The van der Waals surface area contributed by atoms with E-state index >= 15 is 0 Å². The molecule has 20 heavy (non-hydrogen) atoms. The maximum absolute atomic E-state index is 12.2. The van der Waals surface area contributed by atoms with Crippen LogP contribution in [0.25, 0.3) is 0 Å². The van der Waals surface area contributed by atoms with Crippen LogP contribution in [0.15, 0.2) is 24.3 Å². The number of Topliss-reactive ketones (excluding diaryl/α,β-unsaturated/α-hetero) is 1. The molecular formula is C17H23NO2. The van der Waals surface area contributed by atoms with Crippen molar-refractivity contribution in [2.45, 2.75) is 38.6 Å². The van der Waals surface area contributed by atoms with Crippen LogP contribution in [0.5, 0.6) is 5.75 Å². The van der Waals surface area contributed by atoms with Gasteiger partial charge in [-0.05, 0) is 55.4 Å². The van der Waals surface area contributed by atoms with Crippen molar-refractivity contribution in [2.24, 2.45) is 17.8 Å². The second-order valence-corrected chi connectivity index (χ2v) is 6.08. The Hall–Kier alpha value is -1.51. The third kappa shape index (κ3) is 2.30. The Morgan fingerprint density at radius 3 is 2.60 bits per heavy atom. The molecule has 0 aliphatic heterocycles. The molecule has 4 atom stereocenters. The summed E-state index contributed by atoms with van der Waals surface area (Å²) in [7, 11) is 1.67. The Bertz CT molecular complexity index is 482. The quantitative estimate of drug-likeness (QED) is 0.892. The van der Waals surface area contributed by atoms with Gasteiger partial charge in [-0.15, -0.1) is 0 Å². The molecule has 0 saturated heterocycles. The fourth-order valence-corrected chi connectivity index (χ4v) is 4.08. The monoisotopic (exact) mass is 273 g/mol. The van der Waals surface area contributed by atoms with Gasteiger partial charge in [-0.3, -0.25) is 4.79 Å². The number of ether oxygens (including phenoxy) is 1. The highest BCUT2D eigenvalue weighted by Crippen LogP contribution is 2.50. The van der Waals surface area contributed by atoms with Crippen LogP contribution in [0.4, 0.5) is 5.69 Å². The van der Waals surface area contributed by atoms with Crippen molar-refractivity contribution in [3.05, 3.63) is 24.3 Å². The molecular weight excluding hydrogens is 250 g/mol. The largest absolute Gasteiger partial charge is 0.497 e. The van der Waals surface area contributed by atoms with Crippen LogP contribution in [0, 0.1) is 17.8 Å². The van der Waals surface area contributed by atoms with Crippen molar-refractivity contribution >= 4 is 11.5 Å². The summed E-state index contributed by atoms with van der Waals surface area (Å²) in [5, 5.41) is 3.61. The summed E-state index contributed by atoms with van der Waals surface area (Å²) in [6.07, 6.45) is 4.40. The smallest absolute Gasteiger partial charge is 0.138 e. The maximum Gasteiger partial charge on any atom is 0.138 e. The van der Waals surface area contributed by atoms with Crippen LogP contribution in [-0.4, -0.2) is 18.9 Å². The van der Waals surface area contributed by atoms with Crippen LogP contribution < -0.4 is 10.1 Å². The van der Waals surface area contributed by atoms with Crippen LogP contribution in [0.3, 0.4) is 0 Å². The average Bonchev–Trinajstić information content (AvgIpc) is 3.08. The molecule has 108 valence electrons. The highest BCUT2D eigenvalue weighted by atomic mass is 16.5. The number of ketones is 1. The molecule has 0 radical (unpaired) electrons. The Balaban J connectivity index is 1.75. The summed E-state index contributed by atoms with van der Waals surface area (Å²) in [4.78, 5) is 12.2. The topological polar surface area (TPSA) is 38.3 Å². The summed E-state index contributed by atoms with van der Waals surface area (Å²) in [6, 6.07) is 8.34. The van der Waals surface area contributed by atoms with Gasteiger partial charge in [-0.2, -0.15) is 0 Å². The first-order valence-corrected chi connectivity index (χ1v) is 7.66. The van der Waals surface area contributed by atoms with E-state index in [1.54, 1.807) is 7.11 Å². The van der Waals surface area contributed by atoms with Gasteiger partial charge in [0.2, 0.25) is 0 Å². The van der Waals surface area contributed by atoms with Crippen molar-refractivity contribution < 1.29 is 9.53 Å². The fraction of sp³-hybridized carbons (Fsp3) is 0.588. The number of benzene rings is 1. The third-order valence-electron chi connectivity index (χ3n) is 5.06. The highest BCUT2D eigenvalue weighted by Gasteiger charge is 2.49. The molecule has 2 saturated carbocycles. The van der Waals surface area contributed by atoms with Gasteiger partial charge in [0.05, 0.1) is 7.11 Å². The van der Waals surface area contributed by atoms with E-state index in [4.69, 9.17) is 4.74 Å². The molecule has 0 spiro atoms. The second-order valence-electron chi connectivity index (χ2n) is 6.08. The lowest BCUT2D eigenvalue weighted by Gasteiger charge is -2.31. The molecule has 2 aliphatic carbocycles. The number of rotatable bonds is 5. The first kappa shape index (κ1) is 13.5. The number of nitrogens with one attached hydrogen (secondary N) is 1. The van der Waals surface area contributed by atoms with Gasteiger partial charge < -0.3 is 10.1 Å². The number of carbonyl (C=O) groups is 1. The van der Waals surface area contributed by atoms with E-state index < -0.39 is 0 Å². The zero-order valence-electron chi connectivity index (χ0n) is 12.3. The molecule has 3 heteroatoms. The molecule has 0 heterocycles. The zero-order chi connectivity index (χ0) is 14.1. The minimum Gasteiger partial charge on any atom is -0.497 e. The van der Waals surface area contributed by atoms with Gasteiger partial charge in [-0.25, -0.2) is 0 Å². The molecule has 2 fully saturated rings. The minimum absolute atomic E-state index is 0.223. The predicted octanol–water partition coefficient (Wildman–Crippen LogP) is 3.50. The molecule has 0 unspecified atom stereocenters. The van der Waals surface area contributed by atoms with Crippen LogP contribution >= 0.6 is 0 Å². The Kier molecular flexibility index (Phi) is 3.68. The van der Waals surface area contributed by atoms with E-state index in [0.29, 0.717) is 30.1 Å². The van der Waals surface area contributed by atoms with Crippen LogP contribution in [0.1, 0.15) is 32.6 Å². The molecule has 2 aliphatic rings. The van der Waals surface area contributed by atoms with E-state index in [1.807, 2.05) is 31.2 Å². The fourth-order valence-electron chi connectivity index (χ4n) is 4.08. The Morgan fingerprint density at radius 2 is 1.95 bits per heavy atom. The van der Waals surface area contributed by atoms with E-state index in [0.717, 1.165) is 11.4 Å². The molecule has 1 aromatic rings. The summed E-state index contributed by atoms with van der Waals surface area (Å²) in [5.74, 6) is 2.81. The SMILES string of the molecule is CCC(=O)[C@H]1[C@H]2CC[C@H](C2)[C@@H]1Nc1ccc(OC)cc1. The normalized spacial score (nSPS) is 31.3. The Morgan fingerprint density at radius 1 is 1.25 bits per heavy atom. The summed E-state index contributed by atoms with van der Waals surface area (Å²) < 4.78 is 5.18. The number of methoxy groups -OCH3 is 1. The molecule has 1 N–H and O–H groups in total. The van der Waals surface area contributed by atoms with Gasteiger partial charge in [-0.1, -0.05) is 6.92 Å². The Labute approximate surface area is 120 Å². The minimum atomic E-state index is 0.223. The number of hydrogen-bond acceptors (Lipinski definition) is 3. The summed E-state index contributed by atoms with van der Waals surface area (Å²) in [6.45, 7) is 1.98. The standard InChI is InChI=1S/C17H23NO2/c1-3-15(19)16-11-4-5-12(10-11)17(16)18-13-6-8-14(20-2)9-7-13/h6-9,11-12,16-18H,3-5,10H2,1-2H3/t11-,12+,16+,17-/m0/s1. The third-order valence-corrected chi connectivity index (χ3v) is 5.06. The highest BCUT2D eigenvalue weighted by molar-refractivity contribution is 5.83. The van der Waals surface area contributed by atoms with Gasteiger partial charge in [0.1, 0.15) is 11.5 Å². The van der Waals surface area contributed by atoms with Gasteiger partial charge in [0.25, 0.3) is 0 Å². The van der Waals surface area contributed by atoms with E-state index in [9.17, 15) is 4.79 Å².